The molecule has 0 amide bonds. The SMILES string of the molecule is C=Cc1cc[nH]c1/C=C(\CC)C(C)C. The van der Waals surface area contributed by atoms with Crippen molar-refractivity contribution < 1.29 is 0 Å². The van der Waals surface area contributed by atoms with E-state index in [2.05, 4.69) is 38.4 Å². The van der Waals surface area contributed by atoms with Gasteiger partial charge in [-0.05, 0) is 30.0 Å². The molecule has 0 atom stereocenters. The summed E-state index contributed by atoms with van der Waals surface area (Å²) < 4.78 is 0. The van der Waals surface area contributed by atoms with E-state index in [-0.39, 0.29) is 0 Å². The Morgan fingerprint density at radius 1 is 1.57 bits per heavy atom. The Labute approximate surface area is 86.5 Å². The third-order valence-electron chi connectivity index (χ3n) is 2.51. The van der Waals surface area contributed by atoms with Crippen molar-refractivity contribution in [1.29, 1.82) is 0 Å². The molecule has 0 aliphatic carbocycles. The summed E-state index contributed by atoms with van der Waals surface area (Å²) in [6.45, 7) is 10.4. The van der Waals surface area contributed by atoms with E-state index in [9.17, 15) is 0 Å². The van der Waals surface area contributed by atoms with E-state index in [1.54, 1.807) is 0 Å². The van der Waals surface area contributed by atoms with Crippen LogP contribution in [0.5, 0.6) is 0 Å². The fourth-order valence-corrected chi connectivity index (χ4v) is 1.56. The van der Waals surface area contributed by atoms with E-state index in [0.29, 0.717) is 5.92 Å². The lowest BCUT2D eigenvalue weighted by atomic mass is 9.99. The summed E-state index contributed by atoms with van der Waals surface area (Å²) in [6, 6.07) is 2.05. The molecule has 14 heavy (non-hydrogen) atoms. The monoisotopic (exact) mass is 189 g/mol. The lowest BCUT2D eigenvalue weighted by Gasteiger charge is -2.08. The molecule has 0 aromatic carbocycles. The van der Waals surface area contributed by atoms with Crippen molar-refractivity contribution in [2.75, 3.05) is 0 Å². The van der Waals surface area contributed by atoms with E-state index in [4.69, 9.17) is 0 Å². The van der Waals surface area contributed by atoms with Crippen molar-refractivity contribution >= 4 is 12.2 Å². The van der Waals surface area contributed by atoms with Crippen LogP contribution in [0.4, 0.5) is 0 Å². The van der Waals surface area contributed by atoms with Gasteiger partial charge in [-0.2, -0.15) is 0 Å². The van der Waals surface area contributed by atoms with Gasteiger partial charge in [0, 0.05) is 11.9 Å². The summed E-state index contributed by atoms with van der Waals surface area (Å²) in [7, 11) is 0. The van der Waals surface area contributed by atoms with Gasteiger partial charge in [0.05, 0.1) is 0 Å². The zero-order valence-electron chi connectivity index (χ0n) is 9.30. The molecule has 1 aromatic heterocycles. The smallest absolute Gasteiger partial charge is 0.0453 e. The third kappa shape index (κ3) is 2.38. The molecule has 0 unspecified atom stereocenters. The second-order valence-corrected chi connectivity index (χ2v) is 3.78. The fourth-order valence-electron chi connectivity index (χ4n) is 1.56. The second kappa shape index (κ2) is 4.85. The molecule has 1 heterocycles. The van der Waals surface area contributed by atoms with E-state index >= 15 is 0 Å². The average Bonchev–Trinajstić information content (AvgIpc) is 2.60. The van der Waals surface area contributed by atoms with Crippen LogP contribution in [0.2, 0.25) is 0 Å². The number of nitrogens with one attached hydrogen (secondary N) is 1. The van der Waals surface area contributed by atoms with E-state index in [1.165, 1.54) is 16.8 Å². The van der Waals surface area contributed by atoms with Crippen molar-refractivity contribution in [2.45, 2.75) is 27.2 Å². The van der Waals surface area contributed by atoms with Crippen LogP contribution >= 0.6 is 0 Å². The molecule has 0 spiro atoms. The topological polar surface area (TPSA) is 15.8 Å². The quantitative estimate of drug-likeness (QED) is 0.733. The molecular weight excluding hydrogens is 170 g/mol. The molecule has 0 saturated heterocycles. The van der Waals surface area contributed by atoms with Crippen molar-refractivity contribution in [3.05, 3.63) is 35.7 Å². The minimum absolute atomic E-state index is 0.612. The largest absolute Gasteiger partial charge is 0.361 e. The molecule has 0 aliphatic heterocycles. The lowest BCUT2D eigenvalue weighted by Crippen LogP contribution is -1.92. The first-order chi connectivity index (χ1) is 6.69. The summed E-state index contributed by atoms with van der Waals surface area (Å²) in [5, 5.41) is 0. The van der Waals surface area contributed by atoms with Gasteiger partial charge in [-0.1, -0.05) is 39.0 Å². The molecule has 0 aliphatic rings. The Balaban J connectivity index is 2.99. The predicted octanol–water partition coefficient (Wildman–Crippen LogP) is 4.11. The van der Waals surface area contributed by atoms with Crippen LogP contribution < -0.4 is 0 Å². The lowest BCUT2D eigenvalue weighted by molar-refractivity contribution is 0.739. The van der Waals surface area contributed by atoms with Gasteiger partial charge in [-0.15, -0.1) is 0 Å². The minimum Gasteiger partial charge on any atom is -0.361 e. The Bertz CT molecular complexity index is 329. The number of hydrogen-bond donors (Lipinski definition) is 1. The molecule has 1 nitrogen and oxygen atoms in total. The Morgan fingerprint density at radius 3 is 2.79 bits per heavy atom. The number of allylic oxidation sites excluding steroid dienone is 1. The van der Waals surface area contributed by atoms with Gasteiger partial charge >= 0.3 is 0 Å². The van der Waals surface area contributed by atoms with Gasteiger partial charge in [0.25, 0.3) is 0 Å². The van der Waals surface area contributed by atoms with Crippen LogP contribution in [0, 0.1) is 5.92 Å². The molecule has 0 saturated carbocycles. The molecule has 1 N–H and O–H groups in total. The summed E-state index contributed by atoms with van der Waals surface area (Å²) in [5.74, 6) is 0.612. The zero-order valence-corrected chi connectivity index (χ0v) is 9.30. The maximum Gasteiger partial charge on any atom is 0.0453 e. The normalized spacial score (nSPS) is 12.1. The number of aromatic nitrogens is 1. The van der Waals surface area contributed by atoms with Crippen LogP contribution in [0.25, 0.3) is 12.2 Å². The number of H-pyrrole nitrogens is 1. The molecule has 0 bridgehead atoms. The Morgan fingerprint density at radius 2 is 2.29 bits per heavy atom. The predicted molar refractivity (Wildman–Crippen MR) is 64.0 cm³/mol. The fraction of sp³-hybridized carbons (Fsp3) is 0.385. The average molecular weight is 189 g/mol. The van der Waals surface area contributed by atoms with Gasteiger partial charge in [0.1, 0.15) is 0 Å². The Hall–Kier alpha value is -1.24. The molecule has 1 rings (SSSR count). The summed E-state index contributed by atoms with van der Waals surface area (Å²) in [4.78, 5) is 3.23. The van der Waals surface area contributed by atoms with Crippen molar-refractivity contribution in [3.8, 4) is 0 Å². The molecule has 76 valence electrons. The van der Waals surface area contributed by atoms with Crippen molar-refractivity contribution in [3.63, 3.8) is 0 Å². The van der Waals surface area contributed by atoms with Gasteiger partial charge < -0.3 is 4.98 Å². The second-order valence-electron chi connectivity index (χ2n) is 3.78. The first-order valence-electron chi connectivity index (χ1n) is 5.19. The van der Waals surface area contributed by atoms with E-state index < -0.39 is 0 Å². The molecule has 0 fully saturated rings. The highest BCUT2D eigenvalue weighted by molar-refractivity contribution is 5.63. The van der Waals surface area contributed by atoms with Crippen LogP contribution in [0.15, 0.2) is 24.4 Å². The standard InChI is InChI=1S/C13H19N/c1-5-11-7-8-14-13(11)9-12(6-2)10(3)4/h5,7-10,14H,1,6H2,2-4H3/b12-9+. The van der Waals surface area contributed by atoms with Crippen LogP contribution in [0.1, 0.15) is 38.4 Å². The molecular formula is C13H19N. The molecule has 0 radical (unpaired) electrons. The molecule has 1 aromatic rings. The van der Waals surface area contributed by atoms with Gasteiger partial charge in [-0.25, -0.2) is 0 Å². The van der Waals surface area contributed by atoms with Gasteiger partial charge in [0.2, 0.25) is 0 Å². The highest BCUT2D eigenvalue weighted by Crippen LogP contribution is 2.19. The minimum atomic E-state index is 0.612. The van der Waals surface area contributed by atoms with E-state index in [0.717, 1.165) is 6.42 Å². The van der Waals surface area contributed by atoms with Crippen LogP contribution in [-0.4, -0.2) is 4.98 Å². The highest BCUT2D eigenvalue weighted by Gasteiger charge is 2.03. The van der Waals surface area contributed by atoms with Crippen LogP contribution in [-0.2, 0) is 0 Å². The first-order valence-corrected chi connectivity index (χ1v) is 5.19. The number of hydrogen-bond acceptors (Lipinski definition) is 0. The van der Waals surface area contributed by atoms with Crippen molar-refractivity contribution in [2.24, 2.45) is 5.92 Å². The van der Waals surface area contributed by atoms with E-state index in [1.807, 2.05) is 18.3 Å². The highest BCUT2D eigenvalue weighted by atomic mass is 14.7. The summed E-state index contributed by atoms with van der Waals surface area (Å²) in [6.07, 6.45) is 7.18. The summed E-state index contributed by atoms with van der Waals surface area (Å²) >= 11 is 0. The Kier molecular flexibility index (Phi) is 3.75. The first kappa shape index (κ1) is 10.8. The number of rotatable bonds is 4. The van der Waals surface area contributed by atoms with Gasteiger partial charge in [-0.3, -0.25) is 0 Å². The zero-order chi connectivity index (χ0) is 10.6. The maximum absolute atomic E-state index is 3.79. The molecule has 1 heteroatoms. The summed E-state index contributed by atoms with van der Waals surface area (Å²) in [5.41, 5.74) is 3.82. The van der Waals surface area contributed by atoms with Crippen LogP contribution in [0.3, 0.4) is 0 Å². The van der Waals surface area contributed by atoms with Crippen molar-refractivity contribution in [1.82, 2.24) is 4.98 Å². The maximum atomic E-state index is 3.79. The number of aromatic amines is 1. The van der Waals surface area contributed by atoms with Gasteiger partial charge in [0.15, 0.2) is 0 Å². The third-order valence-corrected chi connectivity index (χ3v) is 2.51.